The molecule has 1 aromatic carbocycles. The van der Waals surface area contributed by atoms with Crippen LogP contribution in [0.4, 0.5) is 0 Å². The lowest BCUT2D eigenvalue weighted by Gasteiger charge is -2.22. The Morgan fingerprint density at radius 1 is 1.06 bits per heavy atom. The summed E-state index contributed by atoms with van der Waals surface area (Å²) in [6.45, 7) is 6.72. The van der Waals surface area contributed by atoms with Gasteiger partial charge in [-0.3, -0.25) is 14.6 Å². The molecule has 0 radical (unpaired) electrons. The summed E-state index contributed by atoms with van der Waals surface area (Å²) in [5, 5.41) is 11.3. The molecule has 9 heteroatoms. The van der Waals surface area contributed by atoms with Crippen molar-refractivity contribution in [3.63, 3.8) is 0 Å². The Kier molecular flexibility index (Phi) is 9.41. The first-order chi connectivity index (χ1) is 16.3. The molecule has 0 bridgehead atoms. The molecule has 1 N–H and O–H groups in total. The van der Waals surface area contributed by atoms with E-state index in [1.54, 1.807) is 20.0 Å². The van der Waals surface area contributed by atoms with Gasteiger partial charge >= 0.3 is 5.97 Å². The highest BCUT2D eigenvalue weighted by Crippen LogP contribution is 2.34. The monoisotopic (exact) mass is 500 g/mol. The number of aromatic nitrogens is 3. The molecule has 0 aliphatic heterocycles. The van der Waals surface area contributed by atoms with E-state index in [-0.39, 0.29) is 5.91 Å². The Bertz CT molecular complexity index is 1120. The van der Waals surface area contributed by atoms with Gasteiger partial charge in [0.1, 0.15) is 10.4 Å². The number of hydrogen-bond donors (Lipinski definition) is 1. The minimum Gasteiger partial charge on any atom is -0.480 e. The maximum atomic E-state index is 13.3. The van der Waals surface area contributed by atoms with Gasteiger partial charge < -0.3 is 10.0 Å². The lowest BCUT2D eigenvalue weighted by Crippen LogP contribution is -2.34. The fourth-order valence-corrected chi connectivity index (χ4v) is 5.63. The first-order valence-electron chi connectivity index (χ1n) is 11.7. The van der Waals surface area contributed by atoms with E-state index in [0.717, 1.165) is 28.4 Å². The Morgan fingerprint density at radius 3 is 2.53 bits per heavy atom. The van der Waals surface area contributed by atoms with Crippen LogP contribution < -0.4 is 0 Å². The number of unbranched alkanes of at least 4 members (excludes halogenated alkanes) is 4. The molecule has 0 saturated carbocycles. The third-order valence-electron chi connectivity index (χ3n) is 5.51. The highest BCUT2D eigenvalue weighted by atomic mass is 32.2. The zero-order chi connectivity index (χ0) is 24.6. The standard InChI is InChI=1S/C25H32N4O3S2/c1-4-5-6-7-10-14-29(22(30)21-16-26-19-11-8-9-12-20(19)28-21)15-13-18-17-33-24(27-18)34-25(2,3)23(31)32/h8-9,11-12,16-17H,4-7,10,13-15H2,1-3H3,(H,31,32). The Labute approximate surface area is 209 Å². The van der Waals surface area contributed by atoms with Gasteiger partial charge in [-0.05, 0) is 32.4 Å². The van der Waals surface area contributed by atoms with Gasteiger partial charge in [-0.15, -0.1) is 11.3 Å². The second kappa shape index (κ2) is 12.3. The summed E-state index contributed by atoms with van der Waals surface area (Å²) < 4.78 is -0.218. The van der Waals surface area contributed by atoms with E-state index in [9.17, 15) is 14.7 Å². The number of carbonyl (C=O) groups excluding carboxylic acids is 1. The van der Waals surface area contributed by atoms with Crippen LogP contribution in [0.2, 0.25) is 0 Å². The number of carboxylic acid groups (broad SMARTS) is 1. The third kappa shape index (κ3) is 7.24. The van der Waals surface area contributed by atoms with E-state index >= 15 is 0 Å². The highest BCUT2D eigenvalue weighted by Gasteiger charge is 2.30. The van der Waals surface area contributed by atoms with Crippen LogP contribution in [-0.4, -0.2) is 54.7 Å². The Hall–Kier alpha value is -2.52. The number of thioether (sulfide) groups is 1. The van der Waals surface area contributed by atoms with Crippen LogP contribution in [0.15, 0.2) is 40.2 Å². The van der Waals surface area contributed by atoms with Gasteiger partial charge in [0, 0.05) is 24.9 Å². The molecule has 0 aliphatic rings. The number of benzene rings is 1. The lowest BCUT2D eigenvalue weighted by atomic mass is 10.1. The number of amides is 1. The van der Waals surface area contributed by atoms with Gasteiger partial charge in [-0.2, -0.15) is 0 Å². The van der Waals surface area contributed by atoms with Gasteiger partial charge in [-0.1, -0.05) is 56.5 Å². The summed E-state index contributed by atoms with van der Waals surface area (Å²) >= 11 is 2.69. The topological polar surface area (TPSA) is 96.3 Å². The summed E-state index contributed by atoms with van der Waals surface area (Å²) in [6.07, 6.45) is 7.74. The zero-order valence-electron chi connectivity index (χ0n) is 20.0. The Balaban J connectivity index is 1.68. The molecule has 0 atom stereocenters. The second-order valence-electron chi connectivity index (χ2n) is 8.72. The van der Waals surface area contributed by atoms with Crippen molar-refractivity contribution < 1.29 is 14.7 Å². The van der Waals surface area contributed by atoms with Crippen LogP contribution in [0.25, 0.3) is 11.0 Å². The van der Waals surface area contributed by atoms with E-state index in [4.69, 9.17) is 0 Å². The van der Waals surface area contributed by atoms with Crippen LogP contribution in [0.5, 0.6) is 0 Å². The number of fused-ring (bicyclic) bond motifs is 1. The van der Waals surface area contributed by atoms with Crippen molar-refractivity contribution in [2.45, 2.75) is 68.4 Å². The van der Waals surface area contributed by atoms with Gasteiger partial charge in [0.25, 0.3) is 5.91 Å². The van der Waals surface area contributed by atoms with Crippen LogP contribution in [0.1, 0.15) is 69.1 Å². The number of thiazole rings is 1. The maximum Gasteiger partial charge on any atom is 0.319 e. The average molecular weight is 501 g/mol. The predicted molar refractivity (Wildman–Crippen MR) is 138 cm³/mol. The molecular weight excluding hydrogens is 468 g/mol. The Morgan fingerprint density at radius 2 is 1.79 bits per heavy atom. The smallest absolute Gasteiger partial charge is 0.319 e. The van der Waals surface area contributed by atoms with Gasteiger partial charge in [0.05, 0.1) is 22.9 Å². The fourth-order valence-electron chi connectivity index (χ4n) is 3.40. The largest absolute Gasteiger partial charge is 0.480 e. The van der Waals surface area contributed by atoms with Crippen molar-refractivity contribution in [1.82, 2.24) is 19.9 Å². The fraction of sp³-hybridized carbons (Fsp3) is 0.480. The van der Waals surface area contributed by atoms with Gasteiger partial charge in [0.2, 0.25) is 0 Å². The number of carboxylic acids is 1. The minimum absolute atomic E-state index is 0.120. The predicted octanol–water partition coefficient (Wildman–Crippen LogP) is 5.70. The van der Waals surface area contributed by atoms with Gasteiger partial charge in [0.15, 0.2) is 4.34 Å². The SMILES string of the molecule is CCCCCCCN(CCc1csc(SC(C)(C)C(=O)O)n1)C(=O)c1cnc2ccccc2n1. The normalized spacial score (nSPS) is 11.6. The number of carbonyl (C=O) groups is 2. The van der Waals surface area contributed by atoms with E-state index < -0.39 is 10.7 Å². The molecule has 7 nitrogen and oxygen atoms in total. The molecule has 182 valence electrons. The molecular formula is C25H32N4O3S2. The molecule has 0 saturated heterocycles. The first-order valence-corrected chi connectivity index (χ1v) is 13.4. The molecule has 2 heterocycles. The van der Waals surface area contributed by atoms with Crippen molar-refractivity contribution in [2.75, 3.05) is 13.1 Å². The van der Waals surface area contributed by atoms with E-state index in [2.05, 4.69) is 21.9 Å². The number of aliphatic carboxylic acids is 1. The van der Waals surface area contributed by atoms with Crippen molar-refractivity contribution in [2.24, 2.45) is 0 Å². The van der Waals surface area contributed by atoms with Crippen molar-refractivity contribution in [3.8, 4) is 0 Å². The van der Waals surface area contributed by atoms with E-state index in [0.29, 0.717) is 30.7 Å². The average Bonchev–Trinajstić information content (AvgIpc) is 3.26. The number of hydrogen-bond acceptors (Lipinski definition) is 7. The second-order valence-corrected chi connectivity index (χ2v) is 11.5. The minimum atomic E-state index is -0.940. The first kappa shape index (κ1) is 26.1. The van der Waals surface area contributed by atoms with Crippen LogP contribution >= 0.6 is 23.1 Å². The van der Waals surface area contributed by atoms with Crippen LogP contribution in [0, 0.1) is 0 Å². The summed E-state index contributed by atoms with van der Waals surface area (Å²) in [7, 11) is 0. The molecule has 1 amide bonds. The summed E-state index contributed by atoms with van der Waals surface area (Å²) in [6, 6.07) is 7.53. The molecule has 34 heavy (non-hydrogen) atoms. The summed E-state index contributed by atoms with van der Waals surface area (Å²) in [4.78, 5) is 40.1. The zero-order valence-corrected chi connectivity index (χ0v) is 21.6. The molecule has 0 aliphatic carbocycles. The van der Waals surface area contributed by atoms with E-state index in [1.165, 1.54) is 42.4 Å². The third-order valence-corrected chi connectivity index (χ3v) is 7.68. The number of para-hydroxylation sites is 2. The maximum absolute atomic E-state index is 13.3. The van der Waals surface area contributed by atoms with Crippen LogP contribution in [-0.2, 0) is 11.2 Å². The molecule has 0 fully saturated rings. The molecule has 0 unspecified atom stereocenters. The highest BCUT2D eigenvalue weighted by molar-refractivity contribution is 8.03. The number of nitrogens with zero attached hydrogens (tertiary/aromatic N) is 4. The van der Waals surface area contributed by atoms with Gasteiger partial charge in [-0.25, -0.2) is 9.97 Å². The molecule has 3 rings (SSSR count). The van der Waals surface area contributed by atoms with Crippen LogP contribution in [0.3, 0.4) is 0 Å². The molecule has 3 aromatic rings. The van der Waals surface area contributed by atoms with Crippen molar-refractivity contribution in [3.05, 3.63) is 47.2 Å². The van der Waals surface area contributed by atoms with Crippen molar-refractivity contribution in [1.29, 1.82) is 0 Å². The summed E-state index contributed by atoms with van der Waals surface area (Å²) in [5.74, 6) is -0.990. The van der Waals surface area contributed by atoms with Crippen molar-refractivity contribution >= 4 is 46.0 Å². The number of rotatable bonds is 13. The quantitative estimate of drug-likeness (QED) is 0.238. The molecule has 2 aromatic heterocycles. The summed E-state index contributed by atoms with van der Waals surface area (Å²) in [5.41, 5.74) is 2.69. The molecule has 0 spiro atoms. The van der Waals surface area contributed by atoms with E-state index in [1.807, 2.05) is 34.5 Å². The lowest BCUT2D eigenvalue weighted by molar-refractivity contribution is -0.138.